The maximum atomic E-state index is 12.1. The highest BCUT2D eigenvalue weighted by molar-refractivity contribution is 7.13. The van der Waals surface area contributed by atoms with Crippen molar-refractivity contribution in [2.75, 3.05) is 44.3 Å². The lowest BCUT2D eigenvalue weighted by Gasteiger charge is -2.25. The molecule has 0 radical (unpaired) electrons. The van der Waals surface area contributed by atoms with Gasteiger partial charge in [0.1, 0.15) is 5.69 Å². The van der Waals surface area contributed by atoms with Gasteiger partial charge in [0, 0.05) is 18.5 Å². The molecule has 0 aliphatic carbocycles. The first kappa shape index (κ1) is 21.3. The quantitative estimate of drug-likeness (QED) is 0.398. The molecular weight excluding hydrogens is 416 g/mol. The molecule has 0 atom stereocenters. The number of hydrazine groups is 1. The van der Waals surface area contributed by atoms with Crippen LogP contribution in [0.4, 0.5) is 5.13 Å². The summed E-state index contributed by atoms with van der Waals surface area (Å²) in [5, 5.41) is 6.96. The third-order valence-electron chi connectivity index (χ3n) is 3.92. The van der Waals surface area contributed by atoms with E-state index in [4.69, 9.17) is 9.15 Å². The lowest BCUT2D eigenvalue weighted by atomic mass is 10.4. The van der Waals surface area contributed by atoms with Crippen molar-refractivity contribution < 1.29 is 28.3 Å². The van der Waals surface area contributed by atoms with E-state index in [2.05, 4.69) is 26.5 Å². The molecule has 0 aromatic carbocycles. The molecule has 30 heavy (non-hydrogen) atoms. The van der Waals surface area contributed by atoms with Crippen LogP contribution in [-0.4, -0.2) is 68.0 Å². The number of morpholine rings is 1. The average molecular weight is 436 g/mol. The van der Waals surface area contributed by atoms with Crippen molar-refractivity contribution >= 4 is 40.1 Å². The van der Waals surface area contributed by atoms with Gasteiger partial charge >= 0.3 is 0 Å². The molecule has 12 nitrogen and oxygen atoms in total. The van der Waals surface area contributed by atoms with Crippen LogP contribution in [0.15, 0.2) is 28.2 Å². The summed E-state index contributed by atoms with van der Waals surface area (Å²) in [7, 11) is 0. The largest absolute Gasteiger partial charge is 0.459 e. The first-order valence-corrected chi connectivity index (χ1v) is 9.86. The molecule has 0 spiro atoms. The average Bonchev–Trinajstić information content (AvgIpc) is 3.47. The summed E-state index contributed by atoms with van der Waals surface area (Å²) < 4.78 is 10.2. The number of nitrogens with zero attached hydrogens (tertiary/aromatic N) is 2. The molecule has 2 aromatic heterocycles. The van der Waals surface area contributed by atoms with Crippen LogP contribution in [0.2, 0.25) is 0 Å². The number of hydrogen-bond donors (Lipinski definition) is 4. The molecule has 4 N–H and O–H groups in total. The van der Waals surface area contributed by atoms with Crippen LogP contribution in [0.25, 0.3) is 0 Å². The minimum Gasteiger partial charge on any atom is -0.459 e. The summed E-state index contributed by atoms with van der Waals surface area (Å²) in [6, 6.07) is 3.00. The molecule has 1 aliphatic heterocycles. The summed E-state index contributed by atoms with van der Waals surface area (Å²) in [4.78, 5) is 53.5. The number of thiazole rings is 1. The van der Waals surface area contributed by atoms with Gasteiger partial charge in [-0.3, -0.25) is 30.0 Å². The number of furan rings is 1. The fourth-order valence-electron chi connectivity index (χ4n) is 2.40. The molecule has 0 unspecified atom stereocenters. The lowest BCUT2D eigenvalue weighted by molar-refractivity contribution is -0.125. The van der Waals surface area contributed by atoms with Gasteiger partial charge in [-0.05, 0) is 12.1 Å². The minimum absolute atomic E-state index is 0.0714. The number of ether oxygens (including phenoxy) is 1. The number of nitrogens with one attached hydrogen (secondary N) is 4. The van der Waals surface area contributed by atoms with E-state index in [1.807, 2.05) is 4.90 Å². The van der Waals surface area contributed by atoms with Gasteiger partial charge in [-0.2, -0.15) is 0 Å². The number of carbonyl (C=O) groups excluding carboxylic acids is 4. The van der Waals surface area contributed by atoms with E-state index in [-0.39, 0.29) is 24.5 Å². The molecule has 13 heteroatoms. The van der Waals surface area contributed by atoms with Crippen LogP contribution in [0.1, 0.15) is 21.0 Å². The predicted octanol–water partition coefficient (Wildman–Crippen LogP) is -1.12. The minimum atomic E-state index is -0.641. The second-order valence-electron chi connectivity index (χ2n) is 6.05. The fraction of sp³-hybridized carbons (Fsp3) is 0.353. The Labute approximate surface area is 174 Å². The van der Waals surface area contributed by atoms with E-state index < -0.39 is 23.6 Å². The van der Waals surface area contributed by atoms with Gasteiger partial charge in [-0.15, -0.1) is 11.3 Å². The summed E-state index contributed by atoms with van der Waals surface area (Å²) >= 11 is 1.33. The zero-order valence-electron chi connectivity index (χ0n) is 15.8. The van der Waals surface area contributed by atoms with E-state index in [1.165, 1.54) is 23.7 Å². The molecule has 2 aromatic rings. The lowest BCUT2D eigenvalue weighted by Crippen LogP contribution is -2.47. The van der Waals surface area contributed by atoms with Crippen molar-refractivity contribution in [2.24, 2.45) is 0 Å². The van der Waals surface area contributed by atoms with Crippen LogP contribution in [0.3, 0.4) is 0 Å². The molecule has 0 saturated carbocycles. The van der Waals surface area contributed by atoms with Gasteiger partial charge in [-0.1, -0.05) is 0 Å². The molecular formula is C17H20N6O6S. The highest BCUT2D eigenvalue weighted by Crippen LogP contribution is 2.21. The Balaban J connectivity index is 1.34. The topological polar surface area (TPSA) is 155 Å². The van der Waals surface area contributed by atoms with Crippen LogP contribution in [0, 0.1) is 0 Å². The van der Waals surface area contributed by atoms with E-state index in [1.54, 1.807) is 11.4 Å². The zero-order chi connectivity index (χ0) is 21.3. The molecule has 3 rings (SSSR count). The fourth-order valence-corrected chi connectivity index (χ4v) is 3.26. The number of anilines is 1. The number of rotatable bonds is 7. The Bertz CT molecular complexity index is 892. The monoisotopic (exact) mass is 436 g/mol. The van der Waals surface area contributed by atoms with Gasteiger partial charge in [0.25, 0.3) is 17.7 Å². The number of hydrogen-bond acceptors (Lipinski definition) is 9. The second kappa shape index (κ2) is 10.4. The smallest absolute Gasteiger partial charge is 0.289 e. The molecule has 3 heterocycles. The molecule has 1 aliphatic rings. The highest BCUT2D eigenvalue weighted by Gasteiger charge is 2.18. The third kappa shape index (κ3) is 6.02. The summed E-state index contributed by atoms with van der Waals surface area (Å²) in [6.45, 7) is 1.90. The highest BCUT2D eigenvalue weighted by atomic mass is 32.1. The van der Waals surface area contributed by atoms with Gasteiger partial charge in [0.05, 0.1) is 32.6 Å². The SMILES string of the molecule is O=C(CNC(=O)c1ccco1)NCC(=O)NNC(=O)c1csc(N2CCOCC2)n1. The van der Waals surface area contributed by atoms with E-state index in [0.29, 0.717) is 31.4 Å². The van der Waals surface area contributed by atoms with Crippen LogP contribution in [0.5, 0.6) is 0 Å². The Morgan fingerprint density at radius 2 is 1.80 bits per heavy atom. The Hall–Kier alpha value is -3.45. The van der Waals surface area contributed by atoms with Crippen molar-refractivity contribution in [3.05, 3.63) is 35.2 Å². The van der Waals surface area contributed by atoms with Gasteiger partial charge in [-0.25, -0.2) is 4.98 Å². The number of carbonyl (C=O) groups is 4. The summed E-state index contributed by atoms with van der Waals surface area (Å²) in [5.41, 5.74) is 4.60. The Morgan fingerprint density at radius 3 is 2.53 bits per heavy atom. The zero-order valence-corrected chi connectivity index (χ0v) is 16.6. The first-order valence-electron chi connectivity index (χ1n) is 8.99. The van der Waals surface area contributed by atoms with Crippen molar-refractivity contribution in [3.8, 4) is 0 Å². The molecule has 1 fully saturated rings. The standard InChI is InChI=1S/C17H20N6O6S/c24-13(8-19-16(27)12-2-1-5-29-12)18-9-14(25)21-22-15(26)11-10-30-17(20-11)23-3-6-28-7-4-23/h1-2,5,10H,3-4,6-9H2,(H,18,24)(H,19,27)(H,21,25)(H,22,26). The van der Waals surface area contributed by atoms with Crippen LogP contribution >= 0.6 is 11.3 Å². The van der Waals surface area contributed by atoms with Crippen molar-refractivity contribution in [1.82, 2.24) is 26.5 Å². The Kier molecular flexibility index (Phi) is 7.34. The second-order valence-corrected chi connectivity index (χ2v) is 6.89. The van der Waals surface area contributed by atoms with Crippen molar-refractivity contribution in [3.63, 3.8) is 0 Å². The summed E-state index contributed by atoms with van der Waals surface area (Å²) in [6.07, 6.45) is 1.34. The summed E-state index contributed by atoms with van der Waals surface area (Å²) in [5.74, 6) is -2.27. The third-order valence-corrected chi connectivity index (χ3v) is 4.82. The van der Waals surface area contributed by atoms with Crippen LogP contribution < -0.4 is 26.4 Å². The van der Waals surface area contributed by atoms with Gasteiger partial charge < -0.3 is 24.7 Å². The first-order chi connectivity index (χ1) is 14.5. The number of amides is 4. The normalized spacial score (nSPS) is 13.4. The van der Waals surface area contributed by atoms with E-state index in [0.717, 1.165) is 0 Å². The number of aromatic nitrogens is 1. The van der Waals surface area contributed by atoms with E-state index in [9.17, 15) is 19.2 Å². The molecule has 0 bridgehead atoms. The van der Waals surface area contributed by atoms with Crippen molar-refractivity contribution in [2.45, 2.75) is 0 Å². The predicted molar refractivity (Wildman–Crippen MR) is 105 cm³/mol. The molecule has 160 valence electrons. The molecule has 4 amide bonds. The van der Waals surface area contributed by atoms with Crippen LogP contribution in [-0.2, 0) is 14.3 Å². The molecule has 1 saturated heterocycles. The van der Waals surface area contributed by atoms with E-state index >= 15 is 0 Å². The van der Waals surface area contributed by atoms with Gasteiger partial charge in [0.2, 0.25) is 5.91 Å². The van der Waals surface area contributed by atoms with Crippen molar-refractivity contribution in [1.29, 1.82) is 0 Å². The maximum Gasteiger partial charge on any atom is 0.289 e. The Morgan fingerprint density at radius 1 is 1.03 bits per heavy atom. The maximum absolute atomic E-state index is 12.1. The van der Waals surface area contributed by atoms with Gasteiger partial charge in [0.15, 0.2) is 10.9 Å².